The van der Waals surface area contributed by atoms with Crippen LogP contribution in [0.1, 0.15) is 41.9 Å². The van der Waals surface area contributed by atoms with E-state index in [1.165, 1.54) is 53.8 Å². The van der Waals surface area contributed by atoms with Gasteiger partial charge < -0.3 is 0 Å². The third-order valence-electron chi connectivity index (χ3n) is 6.51. The zero-order valence-corrected chi connectivity index (χ0v) is 16.6. The van der Waals surface area contributed by atoms with Crippen molar-refractivity contribution in [3.05, 3.63) is 83.4 Å². The van der Waals surface area contributed by atoms with Gasteiger partial charge in [-0.2, -0.15) is 0 Å². The first-order valence-corrected chi connectivity index (χ1v) is 10.4. The first-order valence-electron chi connectivity index (χ1n) is 10.4. The van der Waals surface area contributed by atoms with Gasteiger partial charge in [-0.3, -0.25) is 4.90 Å². The minimum atomic E-state index is 0.225. The molecule has 1 unspecified atom stereocenters. The van der Waals surface area contributed by atoms with Gasteiger partial charge in [0.2, 0.25) is 0 Å². The average molecular weight is 370 g/mol. The normalized spacial score (nSPS) is 21.8. The third kappa shape index (κ3) is 3.14. The highest BCUT2D eigenvalue weighted by atomic mass is 15.1. The largest absolute Gasteiger partial charge is 0.298 e. The number of hydrogen-bond acceptors (Lipinski definition) is 3. The van der Waals surface area contributed by atoms with Crippen LogP contribution in [0.4, 0.5) is 0 Å². The molecule has 2 aliphatic rings. The summed E-state index contributed by atoms with van der Waals surface area (Å²) in [5.41, 5.74) is 7.01. The van der Waals surface area contributed by atoms with Crippen LogP contribution < -0.4 is 0 Å². The van der Waals surface area contributed by atoms with Crippen LogP contribution in [0.25, 0.3) is 11.1 Å². The van der Waals surface area contributed by atoms with Crippen LogP contribution in [0.2, 0.25) is 0 Å². The minimum Gasteiger partial charge on any atom is -0.298 e. The predicted molar refractivity (Wildman–Crippen MR) is 113 cm³/mol. The number of likely N-dealkylation sites (tertiary alicyclic amines) is 1. The lowest BCUT2D eigenvalue weighted by atomic mass is 9.77. The number of nitrogens with zero attached hydrogens (tertiary/aromatic N) is 3. The molecule has 0 amide bonds. The van der Waals surface area contributed by atoms with E-state index in [0.717, 1.165) is 25.3 Å². The molecule has 1 atom stereocenters. The molecule has 1 aliphatic carbocycles. The van der Waals surface area contributed by atoms with Crippen molar-refractivity contribution in [2.75, 3.05) is 13.1 Å². The monoisotopic (exact) mass is 369 g/mol. The van der Waals surface area contributed by atoms with Gasteiger partial charge in [0.25, 0.3) is 0 Å². The number of fused-ring (bicyclic) bond motifs is 2. The summed E-state index contributed by atoms with van der Waals surface area (Å²) >= 11 is 0. The Morgan fingerprint density at radius 2 is 1.82 bits per heavy atom. The van der Waals surface area contributed by atoms with E-state index in [1.807, 2.05) is 6.92 Å². The van der Waals surface area contributed by atoms with Crippen molar-refractivity contribution in [3.63, 3.8) is 0 Å². The first kappa shape index (κ1) is 17.6. The maximum absolute atomic E-state index is 4.90. The van der Waals surface area contributed by atoms with E-state index in [-0.39, 0.29) is 5.41 Å². The Hall–Kier alpha value is -2.52. The summed E-state index contributed by atoms with van der Waals surface area (Å²) in [7, 11) is 0. The minimum absolute atomic E-state index is 0.225. The Balaban J connectivity index is 1.42. The molecule has 2 heterocycles. The SMILES string of the molecule is Cc1ncc2c(n1)C1(CCCN(Cc3ccccc3-c3ccccc3)C1)CC2. The molecule has 142 valence electrons. The summed E-state index contributed by atoms with van der Waals surface area (Å²) in [4.78, 5) is 12.0. The molecular weight excluding hydrogens is 342 g/mol. The molecular formula is C25H27N3. The van der Waals surface area contributed by atoms with Crippen molar-refractivity contribution >= 4 is 0 Å². The fraction of sp³-hybridized carbons (Fsp3) is 0.360. The lowest BCUT2D eigenvalue weighted by molar-refractivity contribution is 0.137. The summed E-state index contributed by atoms with van der Waals surface area (Å²) in [5.74, 6) is 0.909. The number of rotatable bonds is 3. The Bertz CT molecular complexity index is 978. The molecule has 28 heavy (non-hydrogen) atoms. The second-order valence-electron chi connectivity index (χ2n) is 8.41. The lowest BCUT2D eigenvalue weighted by Gasteiger charge is -2.40. The highest BCUT2D eigenvalue weighted by Crippen LogP contribution is 2.44. The zero-order valence-electron chi connectivity index (χ0n) is 16.6. The molecule has 5 rings (SSSR count). The topological polar surface area (TPSA) is 29.0 Å². The van der Waals surface area contributed by atoms with E-state index in [9.17, 15) is 0 Å². The Morgan fingerprint density at radius 1 is 1.00 bits per heavy atom. The van der Waals surface area contributed by atoms with Crippen LogP contribution in [0.5, 0.6) is 0 Å². The highest BCUT2D eigenvalue weighted by Gasteiger charge is 2.43. The number of aromatic nitrogens is 2. The second kappa shape index (κ2) is 7.14. The Morgan fingerprint density at radius 3 is 2.71 bits per heavy atom. The van der Waals surface area contributed by atoms with Crippen molar-refractivity contribution in [2.24, 2.45) is 0 Å². The Labute approximate surface area is 167 Å². The van der Waals surface area contributed by atoms with Crippen LogP contribution >= 0.6 is 0 Å². The van der Waals surface area contributed by atoms with E-state index in [4.69, 9.17) is 4.98 Å². The molecule has 0 radical (unpaired) electrons. The van der Waals surface area contributed by atoms with Crippen LogP contribution in [0.3, 0.4) is 0 Å². The molecule has 1 spiro atoms. The van der Waals surface area contributed by atoms with Crippen molar-refractivity contribution in [2.45, 2.75) is 44.6 Å². The maximum atomic E-state index is 4.90. The van der Waals surface area contributed by atoms with E-state index < -0.39 is 0 Å². The van der Waals surface area contributed by atoms with Crippen LogP contribution in [0.15, 0.2) is 60.8 Å². The molecule has 0 N–H and O–H groups in total. The lowest BCUT2D eigenvalue weighted by Crippen LogP contribution is -2.45. The number of hydrogen-bond donors (Lipinski definition) is 0. The number of piperidine rings is 1. The second-order valence-corrected chi connectivity index (χ2v) is 8.41. The van der Waals surface area contributed by atoms with Crippen LogP contribution in [0, 0.1) is 6.92 Å². The molecule has 1 aliphatic heterocycles. The van der Waals surface area contributed by atoms with Gasteiger partial charge in [-0.15, -0.1) is 0 Å². The predicted octanol–water partition coefficient (Wildman–Crippen LogP) is 4.93. The van der Waals surface area contributed by atoms with Crippen molar-refractivity contribution < 1.29 is 0 Å². The van der Waals surface area contributed by atoms with Crippen LogP contribution in [-0.2, 0) is 18.4 Å². The standard InChI is InChI=1S/C25H27N3/c1-19-26-16-21-12-14-25(24(21)27-19)13-7-15-28(18-25)17-22-10-5-6-11-23(22)20-8-3-2-4-9-20/h2-6,8-11,16H,7,12-15,17-18H2,1H3. The molecule has 2 aromatic carbocycles. The van der Waals surface area contributed by atoms with Gasteiger partial charge in [0.1, 0.15) is 5.82 Å². The molecule has 3 nitrogen and oxygen atoms in total. The van der Waals surface area contributed by atoms with Gasteiger partial charge >= 0.3 is 0 Å². The molecule has 1 fully saturated rings. The van der Waals surface area contributed by atoms with Gasteiger partial charge in [0, 0.05) is 24.7 Å². The van der Waals surface area contributed by atoms with E-state index in [1.54, 1.807) is 0 Å². The third-order valence-corrected chi connectivity index (χ3v) is 6.51. The van der Waals surface area contributed by atoms with Gasteiger partial charge in [-0.1, -0.05) is 54.6 Å². The summed E-state index contributed by atoms with van der Waals surface area (Å²) in [6, 6.07) is 19.6. The number of benzene rings is 2. The number of aryl methyl sites for hydroxylation is 2. The molecule has 0 saturated carbocycles. The maximum Gasteiger partial charge on any atom is 0.125 e. The van der Waals surface area contributed by atoms with E-state index >= 15 is 0 Å². The fourth-order valence-corrected chi connectivity index (χ4v) is 5.19. The van der Waals surface area contributed by atoms with Gasteiger partial charge in [0.15, 0.2) is 0 Å². The molecule has 1 saturated heterocycles. The molecule has 3 heteroatoms. The smallest absolute Gasteiger partial charge is 0.125 e. The van der Waals surface area contributed by atoms with Gasteiger partial charge in [0.05, 0.1) is 5.69 Å². The highest BCUT2D eigenvalue weighted by molar-refractivity contribution is 5.67. The fourth-order valence-electron chi connectivity index (χ4n) is 5.19. The first-order chi connectivity index (χ1) is 13.7. The van der Waals surface area contributed by atoms with Gasteiger partial charge in [-0.25, -0.2) is 9.97 Å². The van der Waals surface area contributed by atoms with E-state index in [2.05, 4.69) is 70.7 Å². The molecule has 1 aromatic heterocycles. The molecule has 0 bridgehead atoms. The average Bonchev–Trinajstić information content (AvgIpc) is 3.06. The quantitative estimate of drug-likeness (QED) is 0.655. The Kier molecular flexibility index (Phi) is 4.48. The van der Waals surface area contributed by atoms with Gasteiger partial charge in [-0.05, 0) is 61.4 Å². The summed E-state index contributed by atoms with van der Waals surface area (Å²) < 4.78 is 0. The van der Waals surface area contributed by atoms with Crippen molar-refractivity contribution in [3.8, 4) is 11.1 Å². The summed E-state index contributed by atoms with van der Waals surface area (Å²) in [5, 5.41) is 0. The van der Waals surface area contributed by atoms with Crippen molar-refractivity contribution in [1.29, 1.82) is 0 Å². The molecule has 3 aromatic rings. The van der Waals surface area contributed by atoms with E-state index in [0.29, 0.717) is 0 Å². The zero-order chi connectivity index (χ0) is 19.0. The van der Waals surface area contributed by atoms with Crippen molar-refractivity contribution in [1.82, 2.24) is 14.9 Å². The van der Waals surface area contributed by atoms with Crippen LogP contribution in [-0.4, -0.2) is 28.0 Å². The summed E-state index contributed by atoms with van der Waals surface area (Å²) in [6.07, 6.45) is 6.92. The summed E-state index contributed by atoms with van der Waals surface area (Å²) in [6.45, 7) is 5.30.